The van der Waals surface area contributed by atoms with Crippen LogP contribution in [0.2, 0.25) is 0 Å². The second-order valence-electron chi connectivity index (χ2n) is 15.6. The van der Waals surface area contributed by atoms with Crippen molar-refractivity contribution >= 4 is 70.1 Å². The van der Waals surface area contributed by atoms with Gasteiger partial charge in [0.2, 0.25) is 0 Å². The number of benzene rings is 10. The third-order valence-corrected chi connectivity index (χ3v) is 13.5. The lowest BCUT2D eigenvalue weighted by Gasteiger charge is -2.28. The van der Waals surface area contributed by atoms with Gasteiger partial charge in [-0.1, -0.05) is 176 Å². The maximum absolute atomic E-state index is 2.45. The minimum Gasteiger partial charge on any atom is -0.309 e. The summed E-state index contributed by atoms with van der Waals surface area (Å²) in [4.78, 5) is 2.44. The summed E-state index contributed by atoms with van der Waals surface area (Å²) in [6.07, 6.45) is 0. The fourth-order valence-electron chi connectivity index (χ4n) is 9.56. The van der Waals surface area contributed by atoms with Gasteiger partial charge >= 0.3 is 0 Å². The van der Waals surface area contributed by atoms with Crippen molar-refractivity contribution in [3.05, 3.63) is 235 Å². The first-order valence-electron chi connectivity index (χ1n) is 20.4. The summed E-state index contributed by atoms with van der Waals surface area (Å²) < 4.78 is 2.67. The van der Waals surface area contributed by atoms with Crippen LogP contribution in [0.15, 0.2) is 218 Å². The van der Waals surface area contributed by atoms with Gasteiger partial charge in [-0.2, -0.15) is 0 Å². The van der Waals surface area contributed by atoms with Gasteiger partial charge < -0.3 is 4.90 Å². The first kappa shape index (κ1) is 33.8. The van der Waals surface area contributed by atoms with Gasteiger partial charge in [-0.15, -0.1) is 11.3 Å². The van der Waals surface area contributed by atoms with E-state index >= 15 is 0 Å². The van der Waals surface area contributed by atoms with Gasteiger partial charge in [0, 0.05) is 42.6 Å². The monoisotopic (exact) mass is 767 g/mol. The van der Waals surface area contributed by atoms with Gasteiger partial charge in [0.05, 0.1) is 11.4 Å². The van der Waals surface area contributed by atoms with Crippen molar-refractivity contribution in [2.24, 2.45) is 0 Å². The molecule has 0 N–H and O–H groups in total. The van der Waals surface area contributed by atoms with Crippen molar-refractivity contribution in [3.8, 4) is 33.4 Å². The number of hydrogen-bond acceptors (Lipinski definition) is 2. The van der Waals surface area contributed by atoms with Crippen molar-refractivity contribution < 1.29 is 0 Å². The van der Waals surface area contributed by atoms with Gasteiger partial charge in [0.1, 0.15) is 0 Å². The lowest BCUT2D eigenvalue weighted by Crippen LogP contribution is -2.11. The van der Waals surface area contributed by atoms with E-state index < -0.39 is 0 Å². The molecular formula is C57H37NS. The molecule has 0 bridgehead atoms. The minimum atomic E-state index is 0.155. The SMILES string of the molecule is c1cc(-c2ccc(C3c4ccccc4-c4ccc(-c5ccc6c(c5)sc5ccccc56)cc43)cc2)cc(N(c2cccc3ccccc23)c2cccc3ccccc23)c1. The molecule has 0 spiro atoms. The molecule has 1 atom stereocenters. The molecule has 0 saturated carbocycles. The Hall–Kier alpha value is -7.26. The number of hydrogen-bond donors (Lipinski definition) is 0. The number of anilines is 3. The van der Waals surface area contributed by atoms with Gasteiger partial charge in [-0.05, 0) is 103 Å². The summed E-state index contributed by atoms with van der Waals surface area (Å²) in [6, 6.07) is 80.7. The summed E-state index contributed by atoms with van der Waals surface area (Å²) >= 11 is 1.88. The molecule has 0 fully saturated rings. The van der Waals surface area contributed by atoms with Crippen LogP contribution in [0.1, 0.15) is 22.6 Å². The minimum absolute atomic E-state index is 0.155. The van der Waals surface area contributed by atoms with Crippen molar-refractivity contribution in [1.29, 1.82) is 0 Å². The summed E-state index contributed by atoms with van der Waals surface area (Å²) in [6.45, 7) is 0. The van der Waals surface area contributed by atoms with Crippen LogP contribution in [0.5, 0.6) is 0 Å². The van der Waals surface area contributed by atoms with Gasteiger partial charge in [0.15, 0.2) is 0 Å². The van der Waals surface area contributed by atoms with Gasteiger partial charge in [-0.25, -0.2) is 0 Å². The fraction of sp³-hybridized carbons (Fsp3) is 0.0175. The van der Waals surface area contributed by atoms with E-state index in [-0.39, 0.29) is 5.92 Å². The number of rotatable bonds is 6. The Kier molecular flexibility index (Phi) is 7.86. The number of nitrogens with zero attached hydrogens (tertiary/aromatic N) is 1. The highest BCUT2D eigenvalue weighted by atomic mass is 32.1. The lowest BCUT2D eigenvalue weighted by atomic mass is 9.87. The number of fused-ring (bicyclic) bond motifs is 8. The van der Waals surface area contributed by atoms with Crippen LogP contribution in [0.3, 0.4) is 0 Å². The third-order valence-electron chi connectivity index (χ3n) is 12.3. The van der Waals surface area contributed by atoms with Crippen LogP contribution in [-0.2, 0) is 0 Å². The van der Waals surface area contributed by atoms with E-state index in [2.05, 4.69) is 223 Å². The maximum atomic E-state index is 2.45. The molecule has 2 heteroatoms. The fourth-order valence-corrected chi connectivity index (χ4v) is 10.7. The van der Waals surface area contributed by atoms with Crippen LogP contribution in [0.4, 0.5) is 17.1 Å². The Labute approximate surface area is 347 Å². The first-order valence-corrected chi connectivity index (χ1v) is 21.2. The molecule has 1 unspecified atom stereocenters. The maximum Gasteiger partial charge on any atom is 0.0540 e. The molecular weight excluding hydrogens is 731 g/mol. The van der Waals surface area contributed by atoms with Crippen molar-refractivity contribution in [2.75, 3.05) is 4.90 Å². The van der Waals surface area contributed by atoms with E-state index in [1.807, 2.05) is 11.3 Å². The van der Waals surface area contributed by atoms with E-state index in [4.69, 9.17) is 0 Å². The topological polar surface area (TPSA) is 3.24 Å². The molecule has 0 saturated heterocycles. The second-order valence-corrected chi connectivity index (χ2v) is 16.7. The summed E-state index contributed by atoms with van der Waals surface area (Å²) in [5.74, 6) is 0.155. The molecule has 0 amide bonds. The average molecular weight is 768 g/mol. The first-order chi connectivity index (χ1) is 29.2. The van der Waals surface area contributed by atoms with E-state index in [9.17, 15) is 0 Å². The molecule has 1 aromatic heterocycles. The van der Waals surface area contributed by atoms with E-state index in [1.54, 1.807) is 0 Å². The Morgan fingerprint density at radius 2 is 0.898 bits per heavy atom. The molecule has 1 aliphatic rings. The van der Waals surface area contributed by atoms with E-state index in [1.165, 1.54) is 91.8 Å². The molecule has 59 heavy (non-hydrogen) atoms. The average Bonchev–Trinajstić information content (AvgIpc) is 3.84. The Morgan fingerprint density at radius 3 is 1.68 bits per heavy atom. The van der Waals surface area contributed by atoms with Crippen molar-refractivity contribution in [2.45, 2.75) is 5.92 Å². The second kappa shape index (κ2) is 13.7. The molecule has 1 heterocycles. The van der Waals surface area contributed by atoms with Crippen LogP contribution in [-0.4, -0.2) is 0 Å². The highest BCUT2D eigenvalue weighted by molar-refractivity contribution is 7.25. The highest BCUT2D eigenvalue weighted by Crippen LogP contribution is 2.50. The normalized spacial score (nSPS) is 13.3. The predicted molar refractivity (Wildman–Crippen MR) is 253 cm³/mol. The Bertz CT molecular complexity index is 3320. The van der Waals surface area contributed by atoms with Crippen LogP contribution >= 0.6 is 11.3 Å². The molecule has 11 aromatic rings. The smallest absolute Gasteiger partial charge is 0.0540 e. The third kappa shape index (κ3) is 5.60. The van der Waals surface area contributed by atoms with E-state index in [0.717, 1.165) is 17.1 Å². The predicted octanol–water partition coefficient (Wildman–Crippen LogP) is 16.3. The zero-order valence-electron chi connectivity index (χ0n) is 32.2. The zero-order chi connectivity index (χ0) is 38.9. The van der Waals surface area contributed by atoms with Crippen molar-refractivity contribution in [3.63, 3.8) is 0 Å². The zero-order valence-corrected chi connectivity index (χ0v) is 33.0. The standard InChI is InChI=1S/C57H37NS/c1-3-18-45-38(12-1)14-10-23-53(45)58(54-24-11-15-39-13-2-4-19-46(39)54)44-17-9-16-41(34-44)37-26-28-40(29-27-37)57-51-22-6-5-20-47(51)48-32-30-42(35-52(48)57)43-31-33-50-49-21-7-8-25-55(49)59-56(50)36-43/h1-36,57H. The molecule has 1 nitrogen and oxygen atoms in total. The van der Waals surface area contributed by atoms with Gasteiger partial charge in [-0.3, -0.25) is 0 Å². The van der Waals surface area contributed by atoms with Gasteiger partial charge in [0.25, 0.3) is 0 Å². The largest absolute Gasteiger partial charge is 0.309 e. The molecule has 1 aliphatic carbocycles. The summed E-state index contributed by atoms with van der Waals surface area (Å²) in [5.41, 5.74) is 15.1. The molecule has 0 aliphatic heterocycles. The number of thiophene rings is 1. The van der Waals surface area contributed by atoms with Crippen LogP contribution in [0, 0.1) is 0 Å². The molecule has 0 radical (unpaired) electrons. The molecule has 12 rings (SSSR count). The molecule has 10 aromatic carbocycles. The highest BCUT2D eigenvalue weighted by Gasteiger charge is 2.30. The summed E-state index contributed by atoms with van der Waals surface area (Å²) in [5, 5.41) is 7.56. The lowest BCUT2D eigenvalue weighted by molar-refractivity contribution is 1.02. The Morgan fingerprint density at radius 1 is 0.339 bits per heavy atom. The van der Waals surface area contributed by atoms with Crippen molar-refractivity contribution in [1.82, 2.24) is 0 Å². The van der Waals surface area contributed by atoms with Crippen LogP contribution < -0.4 is 4.90 Å². The molecule has 276 valence electrons. The van der Waals surface area contributed by atoms with Crippen LogP contribution in [0.25, 0.3) is 75.1 Å². The summed E-state index contributed by atoms with van der Waals surface area (Å²) in [7, 11) is 0. The van der Waals surface area contributed by atoms with E-state index in [0.29, 0.717) is 0 Å². The quantitative estimate of drug-likeness (QED) is 0.163. The Balaban J connectivity index is 0.936.